The van der Waals surface area contributed by atoms with Crippen molar-refractivity contribution >= 4 is 15.9 Å². The molecule has 0 bridgehead atoms. The summed E-state index contributed by atoms with van der Waals surface area (Å²) in [5.41, 5.74) is 1.64. The molecule has 0 radical (unpaired) electrons. The zero-order valence-corrected chi connectivity index (χ0v) is 13.0. The van der Waals surface area contributed by atoms with Crippen molar-refractivity contribution in [2.75, 3.05) is 6.54 Å². The van der Waals surface area contributed by atoms with Crippen molar-refractivity contribution in [3.05, 3.63) is 34.3 Å². The molecule has 0 aromatic heterocycles. The Labute approximate surface area is 114 Å². The second-order valence-corrected chi connectivity index (χ2v) is 6.72. The molecule has 0 aliphatic rings. The van der Waals surface area contributed by atoms with Gasteiger partial charge in [0.25, 0.3) is 0 Å². The van der Waals surface area contributed by atoms with Crippen LogP contribution in [0.5, 0.6) is 0 Å². The van der Waals surface area contributed by atoms with E-state index >= 15 is 0 Å². The minimum absolute atomic E-state index is 0.229. The van der Waals surface area contributed by atoms with E-state index in [1.165, 1.54) is 16.5 Å². The van der Waals surface area contributed by atoms with Gasteiger partial charge in [-0.15, -0.1) is 0 Å². The van der Waals surface area contributed by atoms with Gasteiger partial charge in [0.05, 0.1) is 0 Å². The Morgan fingerprint density at radius 2 is 1.88 bits per heavy atom. The fourth-order valence-corrected chi connectivity index (χ4v) is 2.28. The van der Waals surface area contributed by atoms with Crippen LogP contribution in [-0.2, 0) is 6.42 Å². The van der Waals surface area contributed by atoms with Crippen LogP contribution in [0.15, 0.2) is 28.7 Å². The van der Waals surface area contributed by atoms with Crippen molar-refractivity contribution < 1.29 is 0 Å². The summed E-state index contributed by atoms with van der Waals surface area (Å²) >= 11 is 3.61. The van der Waals surface area contributed by atoms with Crippen LogP contribution < -0.4 is 5.32 Å². The van der Waals surface area contributed by atoms with Crippen molar-refractivity contribution in [1.82, 2.24) is 5.32 Å². The Balaban J connectivity index is 2.35. The van der Waals surface area contributed by atoms with Gasteiger partial charge < -0.3 is 5.32 Å². The average Bonchev–Trinajstić information content (AvgIpc) is 2.19. The van der Waals surface area contributed by atoms with Gasteiger partial charge in [0.15, 0.2) is 0 Å². The third-order valence-electron chi connectivity index (χ3n) is 2.82. The lowest BCUT2D eigenvalue weighted by atomic mass is 9.97. The highest BCUT2D eigenvalue weighted by atomic mass is 79.9. The first-order chi connectivity index (χ1) is 7.88. The molecule has 0 fully saturated rings. The quantitative estimate of drug-likeness (QED) is 0.849. The van der Waals surface area contributed by atoms with E-state index < -0.39 is 0 Å². The van der Waals surface area contributed by atoms with Gasteiger partial charge in [0, 0.05) is 10.0 Å². The summed E-state index contributed by atoms with van der Waals surface area (Å²) in [6, 6.07) is 8.51. The third-order valence-corrected chi connectivity index (χ3v) is 3.59. The fourth-order valence-electron chi connectivity index (χ4n) is 1.83. The van der Waals surface area contributed by atoms with Crippen LogP contribution in [0.1, 0.15) is 39.7 Å². The van der Waals surface area contributed by atoms with Crippen molar-refractivity contribution in [2.24, 2.45) is 5.92 Å². The molecule has 96 valence electrons. The van der Waals surface area contributed by atoms with Crippen LogP contribution in [-0.4, -0.2) is 12.1 Å². The Kier molecular flexibility index (Phi) is 5.68. The van der Waals surface area contributed by atoms with E-state index in [1.54, 1.807) is 0 Å². The Morgan fingerprint density at radius 3 is 2.47 bits per heavy atom. The first-order valence-corrected chi connectivity index (χ1v) is 7.16. The lowest BCUT2D eigenvalue weighted by molar-refractivity contribution is 0.394. The smallest absolute Gasteiger partial charge is 0.0207 e. The summed E-state index contributed by atoms with van der Waals surface area (Å²) < 4.78 is 1.23. The van der Waals surface area contributed by atoms with E-state index in [9.17, 15) is 0 Å². The molecule has 1 unspecified atom stereocenters. The molecular formula is C15H24BrN. The van der Waals surface area contributed by atoms with Gasteiger partial charge in [-0.1, -0.05) is 41.1 Å². The van der Waals surface area contributed by atoms with Crippen molar-refractivity contribution in [2.45, 2.75) is 46.1 Å². The summed E-state index contributed by atoms with van der Waals surface area (Å²) in [5.74, 6) is 0.712. The third kappa shape index (κ3) is 6.23. The predicted octanol–water partition coefficient (Wildman–Crippen LogP) is 4.41. The minimum atomic E-state index is 0.229. The number of benzene rings is 1. The topological polar surface area (TPSA) is 12.0 Å². The molecule has 2 heteroatoms. The first-order valence-electron chi connectivity index (χ1n) is 6.37. The Morgan fingerprint density at radius 1 is 1.24 bits per heavy atom. The molecule has 1 aromatic rings. The zero-order valence-electron chi connectivity index (χ0n) is 11.4. The molecule has 0 saturated carbocycles. The SMILES string of the molecule is CC(CCNC(C)(C)C)Cc1ccccc1Br. The second kappa shape index (κ2) is 6.55. The summed E-state index contributed by atoms with van der Waals surface area (Å²) in [6.45, 7) is 10.1. The van der Waals surface area contributed by atoms with Crippen LogP contribution in [0.4, 0.5) is 0 Å². The molecule has 0 heterocycles. The molecule has 1 N–H and O–H groups in total. The van der Waals surface area contributed by atoms with Crippen molar-refractivity contribution in [3.63, 3.8) is 0 Å². The van der Waals surface area contributed by atoms with Crippen LogP contribution in [0, 0.1) is 5.92 Å². The van der Waals surface area contributed by atoms with Crippen LogP contribution in [0.25, 0.3) is 0 Å². The maximum Gasteiger partial charge on any atom is 0.0207 e. The second-order valence-electron chi connectivity index (χ2n) is 5.87. The van der Waals surface area contributed by atoms with Crippen LogP contribution in [0.3, 0.4) is 0 Å². The number of rotatable bonds is 5. The van der Waals surface area contributed by atoms with Gasteiger partial charge in [-0.2, -0.15) is 0 Å². The van der Waals surface area contributed by atoms with E-state index in [-0.39, 0.29) is 5.54 Å². The van der Waals surface area contributed by atoms with E-state index in [0.29, 0.717) is 5.92 Å². The highest BCUT2D eigenvalue weighted by Crippen LogP contribution is 2.20. The Hall–Kier alpha value is -0.340. The van der Waals surface area contributed by atoms with Gasteiger partial charge in [-0.25, -0.2) is 0 Å². The zero-order chi connectivity index (χ0) is 12.9. The number of nitrogens with one attached hydrogen (secondary N) is 1. The lowest BCUT2D eigenvalue weighted by Gasteiger charge is -2.22. The molecule has 1 rings (SSSR count). The molecule has 17 heavy (non-hydrogen) atoms. The van der Waals surface area contributed by atoms with Crippen LogP contribution in [0.2, 0.25) is 0 Å². The molecule has 0 amide bonds. The van der Waals surface area contributed by atoms with Crippen molar-refractivity contribution in [3.8, 4) is 0 Å². The highest BCUT2D eigenvalue weighted by Gasteiger charge is 2.10. The molecular weight excluding hydrogens is 274 g/mol. The molecule has 0 spiro atoms. The van der Waals surface area contributed by atoms with E-state index in [0.717, 1.165) is 13.0 Å². The van der Waals surface area contributed by atoms with E-state index in [2.05, 4.69) is 73.2 Å². The number of hydrogen-bond donors (Lipinski definition) is 1. The monoisotopic (exact) mass is 297 g/mol. The fraction of sp³-hybridized carbons (Fsp3) is 0.600. The minimum Gasteiger partial charge on any atom is -0.312 e. The van der Waals surface area contributed by atoms with Crippen LogP contribution >= 0.6 is 15.9 Å². The van der Waals surface area contributed by atoms with E-state index in [1.807, 2.05) is 0 Å². The molecule has 0 aliphatic carbocycles. The van der Waals surface area contributed by atoms with Crippen molar-refractivity contribution in [1.29, 1.82) is 0 Å². The first kappa shape index (κ1) is 14.7. The molecule has 0 saturated heterocycles. The summed E-state index contributed by atoms with van der Waals surface area (Å²) in [6.07, 6.45) is 2.37. The molecule has 0 aliphatic heterocycles. The number of halogens is 1. The lowest BCUT2D eigenvalue weighted by Crippen LogP contribution is -2.37. The van der Waals surface area contributed by atoms with Gasteiger partial charge in [0.2, 0.25) is 0 Å². The molecule has 1 atom stereocenters. The van der Waals surface area contributed by atoms with Gasteiger partial charge >= 0.3 is 0 Å². The largest absolute Gasteiger partial charge is 0.312 e. The maximum absolute atomic E-state index is 3.61. The molecule has 1 nitrogen and oxygen atoms in total. The summed E-state index contributed by atoms with van der Waals surface area (Å²) in [5, 5.41) is 3.54. The summed E-state index contributed by atoms with van der Waals surface area (Å²) in [4.78, 5) is 0. The van der Waals surface area contributed by atoms with Gasteiger partial charge in [-0.05, 0) is 57.7 Å². The predicted molar refractivity (Wildman–Crippen MR) is 79.4 cm³/mol. The Bertz CT molecular complexity index is 341. The van der Waals surface area contributed by atoms with E-state index in [4.69, 9.17) is 0 Å². The van der Waals surface area contributed by atoms with Gasteiger partial charge in [0.1, 0.15) is 0 Å². The number of hydrogen-bond acceptors (Lipinski definition) is 1. The van der Waals surface area contributed by atoms with Gasteiger partial charge in [-0.3, -0.25) is 0 Å². The maximum atomic E-state index is 3.61. The average molecular weight is 298 g/mol. The summed E-state index contributed by atoms with van der Waals surface area (Å²) in [7, 11) is 0. The normalized spacial score (nSPS) is 13.7. The standard InChI is InChI=1S/C15H24BrN/c1-12(9-10-17-15(2,3)4)11-13-7-5-6-8-14(13)16/h5-8,12,17H,9-11H2,1-4H3. The molecule has 1 aromatic carbocycles. The highest BCUT2D eigenvalue weighted by molar-refractivity contribution is 9.10.